The molecule has 2 amide bonds. The van der Waals surface area contributed by atoms with Crippen molar-refractivity contribution in [2.24, 2.45) is 5.92 Å². The van der Waals surface area contributed by atoms with Gasteiger partial charge in [-0.05, 0) is 45.7 Å². The fourth-order valence-corrected chi connectivity index (χ4v) is 2.48. The van der Waals surface area contributed by atoms with E-state index in [0.29, 0.717) is 25.3 Å². The molecule has 1 aliphatic heterocycles. The van der Waals surface area contributed by atoms with Gasteiger partial charge in [0, 0.05) is 32.5 Å². The van der Waals surface area contributed by atoms with E-state index in [4.69, 9.17) is 0 Å². The van der Waals surface area contributed by atoms with Crippen LogP contribution in [-0.4, -0.2) is 49.4 Å². The van der Waals surface area contributed by atoms with Crippen LogP contribution in [0.1, 0.15) is 39.5 Å². The lowest BCUT2D eigenvalue weighted by Crippen LogP contribution is -2.36. The zero-order valence-electron chi connectivity index (χ0n) is 12.2. The highest BCUT2D eigenvalue weighted by Crippen LogP contribution is 2.13. The molecule has 1 unspecified atom stereocenters. The summed E-state index contributed by atoms with van der Waals surface area (Å²) in [5, 5.41) is 6.15. The zero-order chi connectivity index (χ0) is 14.1. The lowest BCUT2D eigenvalue weighted by atomic mass is 9.96. The van der Waals surface area contributed by atoms with Gasteiger partial charge in [-0.2, -0.15) is 0 Å². The van der Waals surface area contributed by atoms with E-state index in [0.717, 1.165) is 39.0 Å². The minimum Gasteiger partial charge on any atom is -0.356 e. The van der Waals surface area contributed by atoms with Crippen molar-refractivity contribution < 1.29 is 9.59 Å². The first-order valence-corrected chi connectivity index (χ1v) is 7.42. The van der Waals surface area contributed by atoms with Gasteiger partial charge in [0.05, 0.1) is 0 Å². The summed E-state index contributed by atoms with van der Waals surface area (Å²) >= 11 is 0. The first-order valence-electron chi connectivity index (χ1n) is 7.42. The van der Waals surface area contributed by atoms with Crippen molar-refractivity contribution in [1.82, 2.24) is 15.5 Å². The summed E-state index contributed by atoms with van der Waals surface area (Å²) < 4.78 is 0. The number of hydrogen-bond donors (Lipinski definition) is 2. The second kappa shape index (κ2) is 8.91. The van der Waals surface area contributed by atoms with E-state index in [1.807, 2.05) is 13.8 Å². The van der Waals surface area contributed by atoms with E-state index in [2.05, 4.69) is 10.6 Å². The van der Waals surface area contributed by atoms with Crippen molar-refractivity contribution in [1.29, 1.82) is 0 Å². The number of amides is 2. The summed E-state index contributed by atoms with van der Waals surface area (Å²) in [4.78, 5) is 25.3. The largest absolute Gasteiger partial charge is 0.356 e. The number of rotatable bonds is 7. The van der Waals surface area contributed by atoms with Crippen molar-refractivity contribution in [3.8, 4) is 0 Å². The molecule has 19 heavy (non-hydrogen) atoms. The fraction of sp³-hybridized carbons (Fsp3) is 0.857. The Kier molecular flexibility index (Phi) is 7.48. The molecule has 0 bridgehead atoms. The normalized spacial score (nSPS) is 18.9. The summed E-state index contributed by atoms with van der Waals surface area (Å²) in [6.45, 7) is 7.86. The SMILES string of the molecule is CCN(CC)C(=O)CCNC(=O)CC1CCCNC1. The first-order chi connectivity index (χ1) is 9.17. The third-order valence-electron chi connectivity index (χ3n) is 3.65. The van der Waals surface area contributed by atoms with Gasteiger partial charge >= 0.3 is 0 Å². The van der Waals surface area contributed by atoms with Crippen molar-refractivity contribution >= 4 is 11.8 Å². The van der Waals surface area contributed by atoms with Gasteiger partial charge in [-0.25, -0.2) is 0 Å². The smallest absolute Gasteiger partial charge is 0.224 e. The van der Waals surface area contributed by atoms with Crippen LogP contribution in [0.5, 0.6) is 0 Å². The summed E-state index contributed by atoms with van der Waals surface area (Å²) in [6.07, 6.45) is 3.25. The Bertz CT molecular complexity index is 284. The van der Waals surface area contributed by atoms with Crippen LogP contribution in [0, 0.1) is 5.92 Å². The highest BCUT2D eigenvalue weighted by atomic mass is 16.2. The Morgan fingerprint density at radius 1 is 1.32 bits per heavy atom. The van der Waals surface area contributed by atoms with Gasteiger partial charge in [-0.1, -0.05) is 0 Å². The molecule has 0 saturated carbocycles. The predicted molar refractivity (Wildman–Crippen MR) is 75.8 cm³/mol. The minimum atomic E-state index is 0.0704. The summed E-state index contributed by atoms with van der Waals surface area (Å²) in [6, 6.07) is 0. The molecule has 1 heterocycles. The molecule has 1 rings (SSSR count). The third-order valence-corrected chi connectivity index (χ3v) is 3.65. The van der Waals surface area contributed by atoms with Crippen molar-refractivity contribution in [3.05, 3.63) is 0 Å². The maximum absolute atomic E-state index is 11.7. The van der Waals surface area contributed by atoms with Gasteiger partial charge in [0.25, 0.3) is 0 Å². The second-order valence-electron chi connectivity index (χ2n) is 5.08. The zero-order valence-corrected chi connectivity index (χ0v) is 12.2. The molecule has 0 aromatic carbocycles. The molecule has 0 aromatic rings. The number of piperidine rings is 1. The Balaban J connectivity index is 2.14. The molecule has 1 atom stereocenters. The second-order valence-corrected chi connectivity index (χ2v) is 5.08. The molecule has 0 spiro atoms. The number of nitrogens with one attached hydrogen (secondary N) is 2. The molecule has 5 heteroatoms. The summed E-state index contributed by atoms with van der Waals surface area (Å²) in [5.41, 5.74) is 0. The van der Waals surface area contributed by atoms with Crippen LogP contribution < -0.4 is 10.6 Å². The number of nitrogens with zero attached hydrogens (tertiary/aromatic N) is 1. The first kappa shape index (κ1) is 16.0. The van der Waals surface area contributed by atoms with Gasteiger partial charge in [0.2, 0.25) is 11.8 Å². The minimum absolute atomic E-state index is 0.0704. The van der Waals surface area contributed by atoms with E-state index >= 15 is 0 Å². The molecule has 1 aliphatic rings. The fourth-order valence-electron chi connectivity index (χ4n) is 2.48. The average molecular weight is 269 g/mol. The Morgan fingerprint density at radius 2 is 2.05 bits per heavy atom. The van der Waals surface area contributed by atoms with Crippen molar-refractivity contribution in [2.45, 2.75) is 39.5 Å². The Hall–Kier alpha value is -1.10. The molecule has 5 nitrogen and oxygen atoms in total. The van der Waals surface area contributed by atoms with E-state index < -0.39 is 0 Å². The number of carbonyl (C=O) groups is 2. The standard InChI is InChI=1S/C14H27N3O2/c1-3-17(4-2)14(19)7-9-16-13(18)10-12-6-5-8-15-11-12/h12,15H,3-11H2,1-2H3,(H,16,18). The quantitative estimate of drug-likeness (QED) is 0.717. The molecule has 0 radical (unpaired) electrons. The molecule has 1 fully saturated rings. The molecule has 2 N–H and O–H groups in total. The average Bonchev–Trinajstić information content (AvgIpc) is 2.41. The molecule has 0 aromatic heterocycles. The van der Waals surface area contributed by atoms with Crippen LogP contribution >= 0.6 is 0 Å². The van der Waals surface area contributed by atoms with Gasteiger partial charge in [0.1, 0.15) is 0 Å². The number of carbonyl (C=O) groups excluding carboxylic acids is 2. The van der Waals surface area contributed by atoms with Gasteiger partial charge in [-0.15, -0.1) is 0 Å². The van der Waals surface area contributed by atoms with E-state index in [1.165, 1.54) is 0 Å². The maximum Gasteiger partial charge on any atom is 0.224 e. The van der Waals surface area contributed by atoms with Crippen LogP contribution in [0.4, 0.5) is 0 Å². The molecular formula is C14H27N3O2. The lowest BCUT2D eigenvalue weighted by molar-refractivity contribution is -0.130. The third kappa shape index (κ3) is 6.05. The predicted octanol–water partition coefficient (Wildman–Crippen LogP) is 0.751. The van der Waals surface area contributed by atoms with E-state index in [9.17, 15) is 9.59 Å². The van der Waals surface area contributed by atoms with Crippen LogP contribution in [0.3, 0.4) is 0 Å². The maximum atomic E-state index is 11.7. The van der Waals surface area contributed by atoms with Crippen LogP contribution in [-0.2, 0) is 9.59 Å². The van der Waals surface area contributed by atoms with Gasteiger partial charge in [-0.3, -0.25) is 9.59 Å². The number of hydrogen-bond acceptors (Lipinski definition) is 3. The highest BCUT2D eigenvalue weighted by Gasteiger charge is 2.16. The van der Waals surface area contributed by atoms with Gasteiger partial charge in [0.15, 0.2) is 0 Å². The Labute approximate surface area is 116 Å². The Morgan fingerprint density at radius 3 is 2.63 bits per heavy atom. The van der Waals surface area contributed by atoms with Crippen LogP contribution in [0.2, 0.25) is 0 Å². The monoisotopic (exact) mass is 269 g/mol. The lowest BCUT2D eigenvalue weighted by Gasteiger charge is -2.22. The van der Waals surface area contributed by atoms with E-state index in [-0.39, 0.29) is 11.8 Å². The van der Waals surface area contributed by atoms with Crippen LogP contribution in [0.15, 0.2) is 0 Å². The molecule has 1 saturated heterocycles. The summed E-state index contributed by atoms with van der Waals surface area (Å²) in [7, 11) is 0. The molecule has 0 aliphatic carbocycles. The van der Waals surface area contributed by atoms with E-state index in [1.54, 1.807) is 4.90 Å². The van der Waals surface area contributed by atoms with Gasteiger partial charge < -0.3 is 15.5 Å². The van der Waals surface area contributed by atoms with Crippen molar-refractivity contribution in [2.75, 3.05) is 32.7 Å². The molecular weight excluding hydrogens is 242 g/mol. The van der Waals surface area contributed by atoms with Crippen LogP contribution in [0.25, 0.3) is 0 Å². The topological polar surface area (TPSA) is 61.4 Å². The molecule has 110 valence electrons. The summed E-state index contributed by atoms with van der Waals surface area (Å²) in [5.74, 6) is 0.637. The van der Waals surface area contributed by atoms with Crippen molar-refractivity contribution in [3.63, 3.8) is 0 Å². The highest BCUT2D eigenvalue weighted by molar-refractivity contribution is 5.79.